The zero-order valence-electron chi connectivity index (χ0n) is 42.7. The Bertz CT molecular complexity index is 3590. The Hall–Kier alpha value is -7.64. The van der Waals surface area contributed by atoms with E-state index in [0.717, 1.165) is 118 Å². The molecule has 12 heterocycles. The molecule has 16 rings (SSSR count). The Balaban J connectivity index is 0.000000160. The Morgan fingerprint density at radius 1 is 0.610 bits per heavy atom. The second kappa shape index (κ2) is 20.4. The first-order chi connectivity index (χ1) is 36.1. The van der Waals surface area contributed by atoms with Crippen molar-refractivity contribution < 1.29 is 9.59 Å². The van der Waals surface area contributed by atoms with Crippen LogP contribution in [-0.4, -0.2) is 95.2 Å². The van der Waals surface area contributed by atoms with Crippen molar-refractivity contribution >= 4 is 57.8 Å². The first kappa shape index (κ1) is 52.8. The lowest BCUT2D eigenvalue weighted by Gasteiger charge is -2.62. The van der Waals surface area contributed by atoms with Crippen molar-refractivity contribution in [2.24, 2.45) is 31.7 Å². The fourth-order valence-electron chi connectivity index (χ4n) is 14.3. The quantitative estimate of drug-likeness (QED) is 0.142. The molecule has 18 nitrogen and oxygen atoms in total. The number of rotatable bonds is 7. The number of nitrogens with two attached hydrogens (primary N) is 1. The highest BCUT2D eigenvalue weighted by atomic mass is 35.5. The topological polar surface area (TPSA) is 222 Å². The van der Waals surface area contributed by atoms with E-state index in [4.69, 9.17) is 15.7 Å². The minimum absolute atomic E-state index is 0. The van der Waals surface area contributed by atoms with Crippen molar-refractivity contribution in [2.45, 2.75) is 121 Å². The van der Waals surface area contributed by atoms with Gasteiger partial charge in [-0.3, -0.25) is 19.0 Å². The van der Waals surface area contributed by atoms with Crippen molar-refractivity contribution in [3.63, 3.8) is 0 Å². The van der Waals surface area contributed by atoms with Crippen molar-refractivity contribution in [1.82, 2.24) is 54.1 Å². The molecule has 20 heteroatoms. The van der Waals surface area contributed by atoms with Gasteiger partial charge < -0.3 is 20.9 Å². The molecule has 8 aromatic heterocycles. The molecule has 4 unspecified atom stereocenters. The van der Waals surface area contributed by atoms with Crippen molar-refractivity contribution in [1.29, 1.82) is 10.5 Å². The van der Waals surface area contributed by atoms with Gasteiger partial charge in [-0.25, -0.2) is 19.0 Å². The van der Waals surface area contributed by atoms with E-state index in [9.17, 15) is 20.1 Å². The van der Waals surface area contributed by atoms with E-state index in [1.807, 2.05) is 63.7 Å². The Kier molecular flexibility index (Phi) is 14.0. The van der Waals surface area contributed by atoms with Gasteiger partial charge in [0.25, 0.3) is 0 Å². The predicted octanol–water partition coefficient (Wildman–Crippen LogP) is 9.04. The summed E-state index contributed by atoms with van der Waals surface area (Å²) in [6.07, 6.45) is 29.8. The van der Waals surface area contributed by atoms with Gasteiger partial charge in [-0.2, -0.15) is 30.9 Å². The fraction of sp³-hybridized carbons (Fsp3) is 0.404. The molecule has 0 aromatic carbocycles. The van der Waals surface area contributed by atoms with E-state index >= 15 is 0 Å². The van der Waals surface area contributed by atoms with Gasteiger partial charge in [-0.15, -0.1) is 12.4 Å². The number of nitrogens with one attached hydrogen (secondary N) is 1. The van der Waals surface area contributed by atoms with Gasteiger partial charge in [0.1, 0.15) is 23.8 Å². The number of hydrogen-bond acceptors (Lipinski definition) is 13. The molecule has 396 valence electrons. The molecule has 8 fully saturated rings. The molecule has 8 aliphatic rings. The van der Waals surface area contributed by atoms with Crippen LogP contribution in [0.25, 0.3) is 55.5 Å². The van der Waals surface area contributed by atoms with Gasteiger partial charge in [0, 0.05) is 145 Å². The van der Waals surface area contributed by atoms with E-state index in [0.29, 0.717) is 41.2 Å². The first-order valence-corrected chi connectivity index (χ1v) is 26.1. The Morgan fingerprint density at radius 2 is 1.04 bits per heavy atom. The predicted molar refractivity (Wildman–Crippen MR) is 298 cm³/mol. The molecular weight excluding hydrogens is 1010 g/mol. The maximum absolute atomic E-state index is 11.9. The molecule has 3 N–H and O–H groups in total. The third kappa shape index (κ3) is 9.79. The van der Waals surface area contributed by atoms with Crippen LogP contribution in [0.2, 0.25) is 0 Å². The molecule has 8 aromatic rings. The first-order valence-electron chi connectivity index (χ1n) is 25.7. The number of amides is 1. The van der Waals surface area contributed by atoms with Gasteiger partial charge in [-0.05, 0) is 124 Å². The summed E-state index contributed by atoms with van der Waals surface area (Å²) in [4.78, 5) is 36.0. The minimum atomic E-state index is -0.361. The lowest BCUT2D eigenvalue weighted by molar-refractivity contribution is -0.123. The molecule has 4 atom stereocenters. The summed E-state index contributed by atoms with van der Waals surface area (Å²) in [5.41, 5.74) is 17.1. The van der Waals surface area contributed by atoms with Crippen molar-refractivity contribution in [3.8, 4) is 56.6 Å². The monoisotopic (exact) mass is 1070 g/mol. The summed E-state index contributed by atoms with van der Waals surface area (Å²) in [5, 5.41) is 39.9. The average molecular weight is 1070 g/mol. The molecule has 1 amide bonds. The van der Waals surface area contributed by atoms with E-state index in [1.54, 1.807) is 37.7 Å². The zero-order valence-corrected chi connectivity index (χ0v) is 44.3. The zero-order chi connectivity index (χ0) is 51.9. The average Bonchev–Trinajstić information content (AvgIpc) is 4.21. The maximum atomic E-state index is 11.9. The number of anilines is 2. The Morgan fingerprint density at radius 3 is 1.40 bits per heavy atom. The van der Waals surface area contributed by atoms with Gasteiger partial charge in [-0.1, -0.05) is 7.43 Å². The number of nitrogens with zero attached hydrogens (tertiary/aromatic N) is 14. The van der Waals surface area contributed by atoms with Crippen LogP contribution in [0.4, 0.5) is 11.6 Å². The molecule has 4 aliphatic heterocycles. The van der Waals surface area contributed by atoms with Crippen LogP contribution in [0.15, 0.2) is 98.4 Å². The summed E-state index contributed by atoms with van der Waals surface area (Å²) in [5.74, 6) is 3.55. The fourth-order valence-corrected chi connectivity index (χ4v) is 14.3. The third-order valence-corrected chi connectivity index (χ3v) is 16.5. The number of nitriles is 2. The minimum Gasteiger partial charge on any atom is -0.351 e. The largest absolute Gasteiger partial charge is 0.351 e. The standard InChI is InChI=1S/C28H28N8O.C26H26N8.C2H3ClO.CH4.ClH/c1-17(37)33-28-8-18-5-23(9-28)36(24(6-18)10-28)26-4-3-19(12-30-26)25-7-20(22-14-31-34(2)15-22)16-35-27(25)21(11-29)13-32-35;1-32-14-20(13-30-32)18-6-23(25-19(10-27)12-31-33(25)15-18)17-2-3-24(29-11-17)34-21-4-16-5-22(34)9-26(28,7-16)8-21;1-2(3)4;;/h3-4,7,12-16,18,23-24H,5-6,8-10H2,1-2H3,(H,33,37);2-3,6,11-16,21-22H,4-5,7-9,28H2,1H3;1H3;1H4;1H. The van der Waals surface area contributed by atoms with Crippen LogP contribution in [-0.2, 0) is 23.7 Å². The van der Waals surface area contributed by atoms with E-state index in [2.05, 4.69) is 95.6 Å². The normalized spacial score (nSPS) is 24.9. The molecule has 0 spiro atoms. The second-order valence-corrected chi connectivity index (χ2v) is 22.5. The number of halogens is 2. The van der Waals surface area contributed by atoms with Gasteiger partial charge in [0.2, 0.25) is 11.1 Å². The van der Waals surface area contributed by atoms with E-state index in [-0.39, 0.29) is 42.1 Å². The number of carbonyl (C=O) groups excluding carboxylic acids is 2. The molecule has 77 heavy (non-hydrogen) atoms. The van der Waals surface area contributed by atoms with E-state index in [1.165, 1.54) is 26.2 Å². The van der Waals surface area contributed by atoms with Gasteiger partial charge >= 0.3 is 0 Å². The van der Waals surface area contributed by atoms with Crippen LogP contribution in [0.3, 0.4) is 0 Å². The smallest absolute Gasteiger partial charge is 0.218 e. The third-order valence-electron chi connectivity index (χ3n) is 16.5. The van der Waals surface area contributed by atoms with Crippen LogP contribution >= 0.6 is 24.0 Å². The highest BCUT2D eigenvalue weighted by molar-refractivity contribution is 6.62. The summed E-state index contributed by atoms with van der Waals surface area (Å²) >= 11 is 4.64. The van der Waals surface area contributed by atoms with Gasteiger partial charge in [0.05, 0.1) is 46.9 Å². The molecular formula is C57H62Cl2N16O2. The summed E-state index contributed by atoms with van der Waals surface area (Å²) in [7, 11) is 3.80. The molecule has 8 bridgehead atoms. The maximum Gasteiger partial charge on any atom is 0.218 e. The summed E-state index contributed by atoms with van der Waals surface area (Å²) in [6, 6.07) is 19.0. The summed E-state index contributed by atoms with van der Waals surface area (Å²) < 4.78 is 7.11. The number of fused-ring (bicyclic) bond motifs is 2. The van der Waals surface area contributed by atoms with Crippen molar-refractivity contribution in [2.75, 3.05) is 9.80 Å². The highest BCUT2D eigenvalue weighted by Gasteiger charge is 2.56. The van der Waals surface area contributed by atoms with Crippen LogP contribution in [0.1, 0.15) is 96.6 Å². The number of pyridine rings is 4. The van der Waals surface area contributed by atoms with Gasteiger partial charge in [0.15, 0.2) is 0 Å². The number of carbonyl (C=O) groups is 2. The molecule has 0 radical (unpaired) electrons. The molecule has 4 saturated carbocycles. The summed E-state index contributed by atoms with van der Waals surface area (Å²) in [6.45, 7) is 2.93. The van der Waals surface area contributed by atoms with Crippen molar-refractivity contribution in [3.05, 3.63) is 109 Å². The highest BCUT2D eigenvalue weighted by Crippen LogP contribution is 2.53. The lowest BCUT2D eigenvalue weighted by Crippen LogP contribution is -2.69. The van der Waals surface area contributed by atoms with Crippen LogP contribution in [0.5, 0.6) is 0 Å². The number of aryl methyl sites for hydroxylation is 2. The van der Waals surface area contributed by atoms with E-state index < -0.39 is 0 Å². The second-order valence-electron chi connectivity index (χ2n) is 22.0. The van der Waals surface area contributed by atoms with Crippen LogP contribution < -0.4 is 20.9 Å². The molecule has 4 saturated heterocycles. The molecule has 4 aliphatic carbocycles. The number of hydrogen-bond donors (Lipinski definition) is 2. The van der Waals surface area contributed by atoms with Crippen LogP contribution in [0, 0.1) is 34.5 Å². The lowest BCUT2D eigenvalue weighted by atomic mass is 9.59. The number of aromatic nitrogens is 10. The number of piperidine rings is 4. The Labute approximate surface area is 458 Å². The SMILES string of the molecule is C.CC(=O)Cl.CC(=O)NC12CC3CC(C1)N(c1ccc(-c4cc(-c5cnn(C)c5)cn5ncc(C#N)c45)cn1)C(C3)C2.Cl.Cn1cc(-c2cc(-c3ccc(N4C5CC6CC4CC(N)(C6)C5)nc3)c3c(C#N)cnn3c2)cn1.